The van der Waals surface area contributed by atoms with Crippen LogP contribution in [-0.2, 0) is 0 Å². The van der Waals surface area contributed by atoms with E-state index in [2.05, 4.69) is 52.6 Å². The molecule has 12 heteroatoms. The van der Waals surface area contributed by atoms with E-state index in [0.29, 0.717) is 14.1 Å². The summed E-state index contributed by atoms with van der Waals surface area (Å²) < 4.78 is 2.21. The van der Waals surface area contributed by atoms with Gasteiger partial charge >= 0.3 is 0 Å². The lowest BCUT2D eigenvalue weighted by atomic mass is 10.1. The minimum Gasteiger partial charge on any atom is -0.348 e. The number of nitriles is 1. The Morgan fingerprint density at radius 2 is 1.97 bits per heavy atom. The number of hydrogen-bond donors (Lipinski definition) is 2. The fraction of sp³-hybridized carbons (Fsp3) is 0.150. The summed E-state index contributed by atoms with van der Waals surface area (Å²) in [7, 11) is 0. The van der Waals surface area contributed by atoms with Gasteiger partial charge in [-0.15, -0.1) is 0 Å². The van der Waals surface area contributed by atoms with Crippen molar-refractivity contribution in [2.24, 2.45) is 0 Å². The second-order valence-electron chi connectivity index (χ2n) is 6.57. The summed E-state index contributed by atoms with van der Waals surface area (Å²) >= 11 is 19.1. The highest BCUT2D eigenvalue weighted by atomic mass is 79.9. The fourth-order valence-corrected chi connectivity index (χ4v) is 4.19. The number of hydrogen-bond acceptors (Lipinski definition) is 5. The van der Waals surface area contributed by atoms with Crippen LogP contribution in [0.25, 0.3) is 5.82 Å². The zero-order valence-corrected chi connectivity index (χ0v) is 21.0. The van der Waals surface area contributed by atoms with Gasteiger partial charge in [0.05, 0.1) is 33.8 Å². The Morgan fingerprint density at radius 3 is 2.66 bits per heavy atom. The quantitative estimate of drug-likeness (QED) is 0.394. The number of anilines is 1. The smallest absolute Gasteiger partial charge is 0.274 e. The van der Waals surface area contributed by atoms with Crippen LogP contribution in [-0.4, -0.2) is 32.6 Å². The Kier molecular flexibility index (Phi) is 7.90. The van der Waals surface area contributed by atoms with E-state index in [1.165, 1.54) is 23.0 Å². The van der Waals surface area contributed by atoms with Gasteiger partial charge in [-0.3, -0.25) is 9.59 Å². The van der Waals surface area contributed by atoms with E-state index in [4.69, 9.17) is 28.5 Å². The van der Waals surface area contributed by atoms with E-state index >= 15 is 0 Å². The molecule has 2 heterocycles. The van der Waals surface area contributed by atoms with Gasteiger partial charge in [-0.25, -0.2) is 9.67 Å². The number of aromatic nitrogens is 3. The standard InChI is InChI=1S/C20H14Br2Cl2N6O2/c1-10(4-5-25)27-19(31)12-7-11(21)8-14(24)17(12)28-20(32)15-9-16(22)29-30(15)18-13(23)3-2-6-26-18/h2-3,6-10H,4H2,1H3,(H,27,31)(H,28,32). The Hall–Kier alpha value is -2.45. The molecule has 1 aromatic carbocycles. The second kappa shape index (κ2) is 10.4. The van der Waals surface area contributed by atoms with E-state index in [9.17, 15) is 9.59 Å². The number of halogens is 4. The third kappa shape index (κ3) is 5.48. The van der Waals surface area contributed by atoms with Crippen LogP contribution >= 0.6 is 55.1 Å². The van der Waals surface area contributed by atoms with Crippen LogP contribution in [0.15, 0.2) is 45.6 Å². The highest BCUT2D eigenvalue weighted by molar-refractivity contribution is 9.10. The Balaban J connectivity index is 1.99. The molecule has 0 saturated carbocycles. The summed E-state index contributed by atoms with van der Waals surface area (Å²) in [6.07, 6.45) is 1.65. The normalized spacial score (nSPS) is 11.5. The molecule has 8 nitrogen and oxygen atoms in total. The topological polar surface area (TPSA) is 113 Å². The molecule has 3 rings (SSSR count). The minimum atomic E-state index is -0.590. The molecule has 2 aromatic heterocycles. The van der Waals surface area contributed by atoms with Crippen molar-refractivity contribution < 1.29 is 9.59 Å². The van der Waals surface area contributed by atoms with Gasteiger partial charge in [0.15, 0.2) is 5.82 Å². The zero-order chi connectivity index (χ0) is 23.4. The van der Waals surface area contributed by atoms with Gasteiger partial charge in [0, 0.05) is 22.8 Å². The molecule has 0 radical (unpaired) electrons. The average molecular weight is 601 g/mol. The maximum Gasteiger partial charge on any atom is 0.274 e. The van der Waals surface area contributed by atoms with E-state index in [-0.39, 0.29) is 34.2 Å². The van der Waals surface area contributed by atoms with Crippen LogP contribution in [0.2, 0.25) is 10.0 Å². The first-order valence-corrected chi connectivity index (χ1v) is 11.4. The van der Waals surface area contributed by atoms with E-state index in [0.717, 1.165) is 0 Å². The lowest BCUT2D eigenvalue weighted by Crippen LogP contribution is -2.33. The molecule has 2 amide bonds. The Bertz CT molecular complexity index is 1240. The number of pyridine rings is 1. The molecule has 1 unspecified atom stereocenters. The van der Waals surface area contributed by atoms with Gasteiger partial charge in [-0.1, -0.05) is 39.1 Å². The number of nitrogens with one attached hydrogen (secondary N) is 2. The van der Waals surface area contributed by atoms with Crippen molar-refractivity contribution in [3.05, 3.63) is 66.9 Å². The van der Waals surface area contributed by atoms with Gasteiger partial charge < -0.3 is 10.6 Å². The largest absolute Gasteiger partial charge is 0.348 e. The third-order valence-electron chi connectivity index (χ3n) is 4.16. The number of carbonyl (C=O) groups excluding carboxylic acids is 2. The fourth-order valence-electron chi connectivity index (χ4n) is 2.76. The second-order valence-corrected chi connectivity index (χ2v) is 9.12. The van der Waals surface area contributed by atoms with Crippen LogP contribution in [0, 0.1) is 11.3 Å². The molecular formula is C20H14Br2Cl2N6O2. The molecule has 3 aromatic rings. The summed E-state index contributed by atoms with van der Waals surface area (Å²) in [5.74, 6) is -0.822. The van der Waals surface area contributed by atoms with Crippen LogP contribution in [0.5, 0.6) is 0 Å². The van der Waals surface area contributed by atoms with Crippen molar-refractivity contribution in [2.45, 2.75) is 19.4 Å². The van der Waals surface area contributed by atoms with Crippen molar-refractivity contribution >= 4 is 72.6 Å². The number of benzene rings is 1. The first-order chi connectivity index (χ1) is 15.2. The lowest BCUT2D eigenvalue weighted by molar-refractivity contribution is 0.0941. The van der Waals surface area contributed by atoms with Gasteiger partial charge in [-0.2, -0.15) is 10.4 Å². The summed E-state index contributed by atoms with van der Waals surface area (Å²) in [6, 6.07) is 9.45. The molecule has 0 bridgehead atoms. The summed E-state index contributed by atoms with van der Waals surface area (Å²) in [5.41, 5.74) is 0.349. The maximum absolute atomic E-state index is 13.2. The highest BCUT2D eigenvalue weighted by Gasteiger charge is 2.23. The van der Waals surface area contributed by atoms with Gasteiger partial charge in [0.1, 0.15) is 10.3 Å². The van der Waals surface area contributed by atoms with Crippen LogP contribution in [0.4, 0.5) is 5.69 Å². The van der Waals surface area contributed by atoms with Crippen LogP contribution in [0.1, 0.15) is 34.2 Å². The van der Waals surface area contributed by atoms with Gasteiger partial charge in [-0.05, 0) is 47.1 Å². The lowest BCUT2D eigenvalue weighted by Gasteiger charge is -2.16. The molecule has 0 aliphatic rings. The predicted octanol–water partition coefficient (Wildman–Crippen LogP) is 5.38. The van der Waals surface area contributed by atoms with E-state index in [1.807, 2.05) is 6.07 Å². The number of rotatable bonds is 6. The van der Waals surface area contributed by atoms with Crippen molar-refractivity contribution in [3.63, 3.8) is 0 Å². The summed E-state index contributed by atoms with van der Waals surface area (Å²) in [5, 5.41) is 18.9. The number of carbonyl (C=O) groups is 2. The first kappa shape index (κ1) is 24.2. The molecule has 0 saturated heterocycles. The van der Waals surface area contributed by atoms with Gasteiger partial charge in [0.25, 0.3) is 11.8 Å². The predicted molar refractivity (Wildman–Crippen MR) is 128 cm³/mol. The van der Waals surface area contributed by atoms with Crippen molar-refractivity contribution in [1.82, 2.24) is 20.1 Å². The monoisotopic (exact) mass is 598 g/mol. The molecule has 0 spiro atoms. The molecule has 164 valence electrons. The van der Waals surface area contributed by atoms with Crippen molar-refractivity contribution in [2.75, 3.05) is 5.32 Å². The molecule has 2 N–H and O–H groups in total. The minimum absolute atomic E-state index is 0.109. The van der Waals surface area contributed by atoms with Crippen molar-refractivity contribution in [1.29, 1.82) is 5.26 Å². The molecule has 1 atom stereocenters. The van der Waals surface area contributed by atoms with Gasteiger partial charge in [0.2, 0.25) is 0 Å². The maximum atomic E-state index is 13.2. The number of nitrogens with zero attached hydrogens (tertiary/aromatic N) is 4. The van der Waals surface area contributed by atoms with E-state index in [1.54, 1.807) is 25.1 Å². The highest BCUT2D eigenvalue weighted by Crippen LogP contribution is 2.31. The zero-order valence-electron chi connectivity index (χ0n) is 16.4. The first-order valence-electron chi connectivity index (χ1n) is 9.06. The third-order valence-corrected chi connectivity index (χ3v) is 5.60. The molecule has 32 heavy (non-hydrogen) atoms. The molecule has 0 fully saturated rings. The average Bonchev–Trinajstić information content (AvgIpc) is 3.11. The summed E-state index contributed by atoms with van der Waals surface area (Å²) in [4.78, 5) is 30.1. The van der Waals surface area contributed by atoms with E-state index < -0.39 is 17.9 Å². The molecular weight excluding hydrogens is 587 g/mol. The number of amides is 2. The molecule has 0 aliphatic heterocycles. The van der Waals surface area contributed by atoms with Crippen LogP contribution < -0.4 is 10.6 Å². The Morgan fingerprint density at radius 1 is 1.22 bits per heavy atom. The van der Waals surface area contributed by atoms with Crippen LogP contribution in [0.3, 0.4) is 0 Å². The van der Waals surface area contributed by atoms with Crippen molar-refractivity contribution in [3.8, 4) is 11.9 Å². The summed E-state index contributed by atoms with van der Waals surface area (Å²) in [6.45, 7) is 1.70. The SMILES string of the molecule is CC(CC#N)NC(=O)c1cc(Br)cc(Cl)c1NC(=O)c1cc(Br)nn1-c1ncccc1Cl. The Labute approximate surface area is 210 Å². The molecule has 0 aliphatic carbocycles.